The predicted molar refractivity (Wildman–Crippen MR) is 80.3 cm³/mol. The van der Waals surface area contributed by atoms with Crippen LogP contribution in [-0.4, -0.2) is 21.5 Å². The van der Waals surface area contributed by atoms with Gasteiger partial charge in [-0.25, -0.2) is 0 Å². The SMILES string of the molecule is CC(C)(C)n1cc(CNC(CO)c2ccccc2)cn1. The molecule has 1 aromatic heterocycles. The standard InChI is InChI=1S/C16H23N3O/c1-16(2,3)19-11-13(10-18-19)9-17-15(12-20)14-7-5-4-6-8-14/h4-8,10-11,15,17,20H,9,12H2,1-3H3. The fourth-order valence-corrected chi connectivity index (χ4v) is 2.03. The summed E-state index contributed by atoms with van der Waals surface area (Å²) in [4.78, 5) is 0. The third-order valence-corrected chi connectivity index (χ3v) is 3.26. The lowest BCUT2D eigenvalue weighted by Crippen LogP contribution is -2.24. The maximum absolute atomic E-state index is 9.51. The van der Waals surface area contributed by atoms with Crippen LogP contribution in [0.4, 0.5) is 0 Å². The molecule has 1 unspecified atom stereocenters. The molecule has 0 saturated heterocycles. The molecule has 2 aromatic rings. The van der Waals surface area contributed by atoms with Crippen molar-refractivity contribution in [2.24, 2.45) is 0 Å². The van der Waals surface area contributed by atoms with E-state index in [1.165, 1.54) is 0 Å². The number of aliphatic hydroxyl groups excluding tert-OH is 1. The summed E-state index contributed by atoms with van der Waals surface area (Å²) >= 11 is 0. The molecule has 0 spiro atoms. The molecule has 0 fully saturated rings. The van der Waals surface area contributed by atoms with Crippen LogP contribution in [0.2, 0.25) is 0 Å². The van der Waals surface area contributed by atoms with Crippen molar-refractivity contribution in [1.29, 1.82) is 0 Å². The van der Waals surface area contributed by atoms with Crippen LogP contribution in [-0.2, 0) is 12.1 Å². The number of rotatable bonds is 5. The molecule has 1 aromatic carbocycles. The first-order chi connectivity index (χ1) is 9.50. The highest BCUT2D eigenvalue weighted by atomic mass is 16.3. The van der Waals surface area contributed by atoms with E-state index >= 15 is 0 Å². The van der Waals surface area contributed by atoms with E-state index < -0.39 is 0 Å². The monoisotopic (exact) mass is 273 g/mol. The van der Waals surface area contributed by atoms with Gasteiger partial charge < -0.3 is 10.4 Å². The number of hydrogen-bond acceptors (Lipinski definition) is 3. The third-order valence-electron chi connectivity index (χ3n) is 3.26. The predicted octanol–water partition coefficient (Wildman–Crippen LogP) is 2.46. The Morgan fingerprint density at radius 2 is 1.95 bits per heavy atom. The van der Waals surface area contributed by atoms with Crippen LogP contribution in [0, 0.1) is 0 Å². The zero-order valence-corrected chi connectivity index (χ0v) is 12.4. The van der Waals surface area contributed by atoms with E-state index in [0.717, 1.165) is 11.1 Å². The van der Waals surface area contributed by atoms with Crippen LogP contribution >= 0.6 is 0 Å². The number of aliphatic hydroxyl groups is 1. The Labute approximate surface area is 120 Å². The van der Waals surface area contributed by atoms with Crippen molar-refractivity contribution < 1.29 is 5.11 Å². The van der Waals surface area contributed by atoms with E-state index in [1.54, 1.807) is 0 Å². The topological polar surface area (TPSA) is 50.1 Å². The molecule has 0 saturated carbocycles. The summed E-state index contributed by atoms with van der Waals surface area (Å²) in [5.41, 5.74) is 2.21. The van der Waals surface area contributed by atoms with Crippen LogP contribution < -0.4 is 5.32 Å². The van der Waals surface area contributed by atoms with Crippen LogP contribution in [0.1, 0.15) is 37.9 Å². The molecule has 2 rings (SSSR count). The van der Waals surface area contributed by atoms with Gasteiger partial charge in [0.2, 0.25) is 0 Å². The van der Waals surface area contributed by atoms with Gasteiger partial charge in [-0.2, -0.15) is 5.10 Å². The molecule has 0 bridgehead atoms. The van der Waals surface area contributed by atoms with Crippen molar-refractivity contribution in [3.8, 4) is 0 Å². The largest absolute Gasteiger partial charge is 0.394 e. The highest BCUT2D eigenvalue weighted by molar-refractivity contribution is 5.19. The molecule has 0 radical (unpaired) electrons. The van der Waals surface area contributed by atoms with Gasteiger partial charge in [0.25, 0.3) is 0 Å². The van der Waals surface area contributed by atoms with Gasteiger partial charge in [0, 0.05) is 18.3 Å². The smallest absolute Gasteiger partial charge is 0.0626 e. The lowest BCUT2D eigenvalue weighted by molar-refractivity contribution is 0.243. The van der Waals surface area contributed by atoms with Crippen molar-refractivity contribution in [1.82, 2.24) is 15.1 Å². The van der Waals surface area contributed by atoms with Crippen molar-refractivity contribution in [3.63, 3.8) is 0 Å². The van der Waals surface area contributed by atoms with E-state index in [9.17, 15) is 5.11 Å². The molecule has 4 nitrogen and oxygen atoms in total. The summed E-state index contributed by atoms with van der Waals surface area (Å²) in [5.74, 6) is 0. The maximum Gasteiger partial charge on any atom is 0.0626 e. The van der Waals surface area contributed by atoms with Crippen molar-refractivity contribution in [3.05, 3.63) is 53.9 Å². The zero-order chi connectivity index (χ0) is 14.6. The van der Waals surface area contributed by atoms with Gasteiger partial charge in [-0.1, -0.05) is 30.3 Å². The van der Waals surface area contributed by atoms with Crippen molar-refractivity contribution >= 4 is 0 Å². The number of hydrogen-bond donors (Lipinski definition) is 2. The minimum atomic E-state index is -0.0470. The summed E-state index contributed by atoms with van der Waals surface area (Å²) in [6.07, 6.45) is 3.92. The highest BCUT2D eigenvalue weighted by Gasteiger charge is 2.14. The Hall–Kier alpha value is -1.65. The molecule has 0 aliphatic heterocycles. The fraction of sp³-hybridized carbons (Fsp3) is 0.438. The molecular weight excluding hydrogens is 250 g/mol. The summed E-state index contributed by atoms with van der Waals surface area (Å²) in [6.45, 7) is 7.14. The molecule has 1 atom stereocenters. The van der Waals surface area contributed by atoms with E-state index in [-0.39, 0.29) is 18.2 Å². The van der Waals surface area contributed by atoms with E-state index in [4.69, 9.17) is 0 Å². The first kappa shape index (κ1) is 14.8. The molecule has 0 amide bonds. The number of aromatic nitrogens is 2. The number of nitrogens with zero attached hydrogens (tertiary/aromatic N) is 2. The van der Waals surface area contributed by atoms with Gasteiger partial charge in [-0.15, -0.1) is 0 Å². The Morgan fingerprint density at radius 1 is 1.25 bits per heavy atom. The molecule has 1 heterocycles. The Bertz CT molecular complexity index is 528. The first-order valence-corrected chi connectivity index (χ1v) is 6.94. The average Bonchev–Trinajstić information content (AvgIpc) is 2.89. The van der Waals surface area contributed by atoms with Gasteiger partial charge in [-0.3, -0.25) is 4.68 Å². The molecule has 20 heavy (non-hydrogen) atoms. The minimum Gasteiger partial charge on any atom is -0.394 e. The van der Waals surface area contributed by atoms with Gasteiger partial charge in [0.15, 0.2) is 0 Å². The molecule has 4 heteroatoms. The second-order valence-corrected chi connectivity index (χ2v) is 5.99. The summed E-state index contributed by atoms with van der Waals surface area (Å²) in [5, 5.41) is 17.3. The quantitative estimate of drug-likeness (QED) is 0.880. The van der Waals surface area contributed by atoms with E-state index in [0.29, 0.717) is 6.54 Å². The Kier molecular flexibility index (Phi) is 4.57. The maximum atomic E-state index is 9.51. The Morgan fingerprint density at radius 3 is 2.50 bits per heavy atom. The summed E-state index contributed by atoms with van der Waals surface area (Å²) in [7, 11) is 0. The molecule has 2 N–H and O–H groups in total. The van der Waals surface area contributed by atoms with Crippen LogP contribution in [0.15, 0.2) is 42.7 Å². The van der Waals surface area contributed by atoms with Gasteiger partial charge in [-0.05, 0) is 26.3 Å². The highest BCUT2D eigenvalue weighted by Crippen LogP contribution is 2.15. The van der Waals surface area contributed by atoms with E-state index in [2.05, 4.69) is 31.2 Å². The minimum absolute atomic E-state index is 0.00589. The normalized spacial score (nSPS) is 13.4. The fourth-order valence-electron chi connectivity index (χ4n) is 2.03. The first-order valence-electron chi connectivity index (χ1n) is 6.94. The Balaban J connectivity index is 1.99. The third kappa shape index (κ3) is 3.68. The van der Waals surface area contributed by atoms with Crippen LogP contribution in [0.3, 0.4) is 0 Å². The zero-order valence-electron chi connectivity index (χ0n) is 12.4. The molecule has 0 aliphatic rings. The summed E-state index contributed by atoms with van der Waals surface area (Å²) < 4.78 is 1.96. The molecular formula is C16H23N3O. The second-order valence-electron chi connectivity index (χ2n) is 5.99. The lowest BCUT2D eigenvalue weighted by Gasteiger charge is -2.19. The van der Waals surface area contributed by atoms with Crippen molar-refractivity contribution in [2.75, 3.05) is 6.61 Å². The van der Waals surface area contributed by atoms with Crippen LogP contribution in [0.25, 0.3) is 0 Å². The van der Waals surface area contributed by atoms with Gasteiger partial charge in [0.1, 0.15) is 0 Å². The average molecular weight is 273 g/mol. The lowest BCUT2D eigenvalue weighted by atomic mass is 10.1. The molecule has 0 aliphatic carbocycles. The van der Waals surface area contributed by atoms with Crippen LogP contribution in [0.5, 0.6) is 0 Å². The van der Waals surface area contributed by atoms with Gasteiger partial charge >= 0.3 is 0 Å². The van der Waals surface area contributed by atoms with E-state index in [1.807, 2.05) is 47.4 Å². The van der Waals surface area contributed by atoms with Gasteiger partial charge in [0.05, 0.1) is 24.4 Å². The molecule has 108 valence electrons. The summed E-state index contributed by atoms with van der Waals surface area (Å²) in [6, 6.07) is 9.94. The number of benzene rings is 1. The van der Waals surface area contributed by atoms with Crippen molar-refractivity contribution in [2.45, 2.75) is 38.9 Å². The number of nitrogens with one attached hydrogen (secondary N) is 1. The second kappa shape index (κ2) is 6.20.